The molecule has 1 fully saturated rings. The molecule has 0 atom stereocenters. The van der Waals surface area contributed by atoms with E-state index in [2.05, 4.69) is 44.3 Å². The van der Waals surface area contributed by atoms with Crippen LogP contribution in [0.3, 0.4) is 0 Å². The Balaban J connectivity index is 1.17. The van der Waals surface area contributed by atoms with Crippen molar-refractivity contribution in [3.63, 3.8) is 0 Å². The highest BCUT2D eigenvalue weighted by Crippen LogP contribution is 2.40. The van der Waals surface area contributed by atoms with E-state index in [-0.39, 0.29) is 12.0 Å². The zero-order valence-corrected chi connectivity index (χ0v) is 26.7. The lowest BCUT2D eigenvalue weighted by molar-refractivity contribution is 0.0203. The molecule has 1 saturated heterocycles. The van der Waals surface area contributed by atoms with Crippen LogP contribution in [-0.4, -0.2) is 49.0 Å². The molecule has 8 nitrogen and oxygen atoms in total. The Morgan fingerprint density at radius 2 is 1.81 bits per heavy atom. The van der Waals surface area contributed by atoms with Crippen LogP contribution in [0.15, 0.2) is 85.9 Å². The molecule has 216 valence electrons. The van der Waals surface area contributed by atoms with Crippen molar-refractivity contribution >= 4 is 73.7 Å². The average molecular weight is 635 g/mol. The Morgan fingerprint density at radius 1 is 1.02 bits per heavy atom. The third-order valence-corrected chi connectivity index (χ3v) is 10.3. The minimum absolute atomic E-state index is 0.204. The highest BCUT2D eigenvalue weighted by Gasteiger charge is 2.29. The van der Waals surface area contributed by atoms with Gasteiger partial charge in [-0.25, -0.2) is 14.8 Å². The Kier molecular flexibility index (Phi) is 8.66. The van der Waals surface area contributed by atoms with Gasteiger partial charge in [-0.2, -0.15) is 4.37 Å². The Morgan fingerprint density at radius 3 is 2.60 bits per heavy atom. The number of carbonyl (C=O) groups is 1. The summed E-state index contributed by atoms with van der Waals surface area (Å²) < 4.78 is 11.4. The number of benzene rings is 1. The average Bonchev–Trinajstić information content (AvgIpc) is 3.65. The molecule has 6 rings (SSSR count). The van der Waals surface area contributed by atoms with Crippen molar-refractivity contribution in [3.8, 4) is 0 Å². The fraction of sp³-hybridized carbons (Fsp3) is 0.300. The van der Waals surface area contributed by atoms with Crippen LogP contribution < -0.4 is 5.32 Å². The molecule has 1 N–H and O–H groups in total. The number of likely N-dealkylation sites (tertiary alicyclic amines) is 1. The number of carbonyl (C=O) groups excluding carboxylic acids is 1. The Hall–Kier alpha value is -3.19. The summed E-state index contributed by atoms with van der Waals surface area (Å²) >= 11 is 6.40. The molecular formula is C30H30N6O2S4. The first-order valence-electron chi connectivity index (χ1n) is 13.6. The molecule has 1 aliphatic heterocycles. The molecule has 5 aromatic rings. The fourth-order valence-electron chi connectivity index (χ4n) is 4.53. The number of hydrogen-bond acceptors (Lipinski definition) is 11. The van der Waals surface area contributed by atoms with Gasteiger partial charge >= 0.3 is 6.09 Å². The van der Waals surface area contributed by atoms with E-state index in [1.807, 2.05) is 57.4 Å². The molecule has 1 aliphatic rings. The van der Waals surface area contributed by atoms with Crippen LogP contribution in [0.1, 0.15) is 45.4 Å². The summed E-state index contributed by atoms with van der Waals surface area (Å²) in [6.07, 6.45) is 5.11. The van der Waals surface area contributed by atoms with Crippen LogP contribution in [0.5, 0.6) is 0 Å². The monoisotopic (exact) mass is 634 g/mol. The summed E-state index contributed by atoms with van der Waals surface area (Å²) in [7, 11) is 0. The number of piperidine rings is 1. The maximum absolute atomic E-state index is 12.5. The molecule has 0 spiro atoms. The first kappa shape index (κ1) is 28.9. The van der Waals surface area contributed by atoms with Gasteiger partial charge in [0.1, 0.15) is 17.2 Å². The van der Waals surface area contributed by atoms with Gasteiger partial charge in [0.05, 0.1) is 15.1 Å². The Bertz CT molecular complexity index is 1680. The van der Waals surface area contributed by atoms with Crippen LogP contribution in [0.25, 0.3) is 10.2 Å². The highest BCUT2D eigenvalue weighted by molar-refractivity contribution is 8.00. The number of rotatable bonds is 7. The number of ether oxygens (including phenoxy) is 1. The summed E-state index contributed by atoms with van der Waals surface area (Å²) in [5, 5.41) is 6.21. The molecule has 0 bridgehead atoms. The number of pyridine rings is 2. The lowest BCUT2D eigenvalue weighted by Gasteiger charge is -2.32. The minimum atomic E-state index is -0.497. The summed E-state index contributed by atoms with van der Waals surface area (Å²) in [6, 6.07) is 16.6. The van der Waals surface area contributed by atoms with Crippen LogP contribution in [0.4, 0.5) is 15.7 Å². The Labute approximate surface area is 261 Å². The topological polar surface area (TPSA) is 93.1 Å². The van der Waals surface area contributed by atoms with Crippen LogP contribution in [-0.2, 0) is 4.74 Å². The quantitative estimate of drug-likeness (QED) is 0.189. The van der Waals surface area contributed by atoms with E-state index >= 15 is 0 Å². The predicted octanol–water partition coefficient (Wildman–Crippen LogP) is 8.70. The number of aromatic nitrogens is 4. The van der Waals surface area contributed by atoms with E-state index in [1.165, 1.54) is 21.1 Å². The van der Waals surface area contributed by atoms with Crippen LogP contribution in [0.2, 0.25) is 0 Å². The molecule has 4 aromatic heterocycles. The second-order valence-corrected chi connectivity index (χ2v) is 14.7. The summed E-state index contributed by atoms with van der Waals surface area (Å²) in [5.74, 6) is 1.76. The third kappa shape index (κ3) is 7.05. The van der Waals surface area contributed by atoms with E-state index in [4.69, 9.17) is 14.7 Å². The third-order valence-electron chi connectivity index (χ3n) is 6.51. The van der Waals surface area contributed by atoms with Crippen molar-refractivity contribution in [2.24, 2.45) is 0 Å². The van der Waals surface area contributed by atoms with Gasteiger partial charge in [-0.05, 0) is 69.3 Å². The van der Waals surface area contributed by atoms with Gasteiger partial charge in [0.15, 0.2) is 0 Å². The van der Waals surface area contributed by atoms with E-state index in [1.54, 1.807) is 39.8 Å². The van der Waals surface area contributed by atoms with Crippen molar-refractivity contribution in [3.05, 3.63) is 72.1 Å². The molecule has 0 saturated carbocycles. The zero-order valence-electron chi connectivity index (χ0n) is 23.4. The number of nitrogens with zero attached hydrogens (tertiary/aromatic N) is 5. The first-order chi connectivity index (χ1) is 20.3. The molecule has 5 heterocycles. The fourth-order valence-corrected chi connectivity index (χ4v) is 8.07. The number of anilines is 2. The van der Waals surface area contributed by atoms with Crippen molar-refractivity contribution in [2.45, 2.75) is 64.7 Å². The lowest BCUT2D eigenvalue weighted by Crippen LogP contribution is -2.41. The van der Waals surface area contributed by atoms with Crippen molar-refractivity contribution in [1.82, 2.24) is 24.2 Å². The molecule has 0 unspecified atom stereocenters. The normalized spacial score (nSPS) is 14.3. The van der Waals surface area contributed by atoms with E-state index in [0.29, 0.717) is 18.2 Å². The molecule has 0 aliphatic carbocycles. The van der Waals surface area contributed by atoms with Crippen LogP contribution in [0, 0.1) is 0 Å². The molecular weight excluding hydrogens is 605 g/mol. The van der Waals surface area contributed by atoms with Gasteiger partial charge in [-0.3, -0.25) is 4.98 Å². The van der Waals surface area contributed by atoms with Gasteiger partial charge in [-0.15, -0.1) is 11.3 Å². The number of fused-ring (bicyclic) bond motifs is 1. The summed E-state index contributed by atoms with van der Waals surface area (Å²) in [4.78, 5) is 32.7. The standard InChI is InChI=1S/C30H30N6O2S4/c1-30(2,3)38-29(37)36-14-10-19(11-15-36)26-33-28(42-35-26)34-27-24(40-20-7-5-4-6-8-20)17-21(18-32-27)41-23-9-13-31-22-12-16-39-25(22)23/h4-9,12-13,16-19H,10-11,14-15H2,1-3H3,(H,32,33,34,35). The molecule has 1 aromatic carbocycles. The van der Waals surface area contributed by atoms with Gasteiger partial charge in [0.2, 0.25) is 5.13 Å². The maximum Gasteiger partial charge on any atom is 0.410 e. The largest absolute Gasteiger partial charge is 0.444 e. The SMILES string of the molecule is CC(C)(C)OC(=O)N1CCC(c2nsc(Nc3ncc(Sc4ccnc5ccsc45)cc3Sc3ccccc3)n2)CC1. The second-order valence-electron chi connectivity index (χ2n) is 10.8. The summed E-state index contributed by atoms with van der Waals surface area (Å²) in [6.45, 7) is 6.93. The molecule has 1 amide bonds. The second kappa shape index (κ2) is 12.6. The lowest BCUT2D eigenvalue weighted by atomic mass is 9.96. The highest BCUT2D eigenvalue weighted by atomic mass is 32.2. The van der Waals surface area contributed by atoms with Gasteiger partial charge in [-0.1, -0.05) is 41.7 Å². The van der Waals surface area contributed by atoms with Gasteiger partial charge < -0.3 is 15.0 Å². The number of hydrogen-bond donors (Lipinski definition) is 1. The summed E-state index contributed by atoms with van der Waals surface area (Å²) in [5.41, 5.74) is 0.515. The molecule has 42 heavy (non-hydrogen) atoms. The van der Waals surface area contributed by atoms with Crippen molar-refractivity contribution < 1.29 is 9.53 Å². The van der Waals surface area contributed by atoms with Gasteiger partial charge in [0.25, 0.3) is 0 Å². The number of amides is 1. The van der Waals surface area contributed by atoms with Crippen molar-refractivity contribution in [2.75, 3.05) is 18.4 Å². The zero-order chi connectivity index (χ0) is 29.1. The van der Waals surface area contributed by atoms with E-state index < -0.39 is 5.60 Å². The number of nitrogens with one attached hydrogen (secondary N) is 1. The van der Waals surface area contributed by atoms with E-state index in [0.717, 1.165) is 44.7 Å². The van der Waals surface area contributed by atoms with Crippen LogP contribution >= 0.6 is 46.4 Å². The predicted molar refractivity (Wildman–Crippen MR) is 172 cm³/mol. The van der Waals surface area contributed by atoms with Crippen molar-refractivity contribution in [1.29, 1.82) is 0 Å². The molecule has 0 radical (unpaired) electrons. The van der Waals surface area contributed by atoms with E-state index in [9.17, 15) is 4.79 Å². The maximum atomic E-state index is 12.5. The van der Waals surface area contributed by atoms with Gasteiger partial charge in [0, 0.05) is 57.6 Å². The molecule has 12 heteroatoms. The minimum Gasteiger partial charge on any atom is -0.444 e. The number of thiophene rings is 1. The first-order valence-corrected chi connectivity index (χ1v) is 16.9. The smallest absolute Gasteiger partial charge is 0.410 e.